The van der Waals surface area contributed by atoms with E-state index in [-0.39, 0.29) is 0 Å². The molecule has 2 saturated carbocycles. The molecule has 0 aromatic heterocycles. The molecule has 2 nitrogen and oxygen atoms in total. The molecular formula is C15H30N2. The average molecular weight is 238 g/mol. The highest BCUT2D eigenvalue weighted by Gasteiger charge is 2.28. The zero-order chi connectivity index (χ0) is 12.1. The molecule has 0 saturated heterocycles. The molecule has 0 amide bonds. The maximum atomic E-state index is 3.55. The smallest absolute Gasteiger partial charge is 0.0104 e. The van der Waals surface area contributed by atoms with Crippen LogP contribution in [-0.4, -0.2) is 37.1 Å². The molecule has 2 unspecified atom stereocenters. The molecule has 2 aliphatic carbocycles. The predicted octanol–water partition coefficient (Wildman–Crippen LogP) is 3.03. The quantitative estimate of drug-likeness (QED) is 0.792. The fraction of sp³-hybridized carbons (Fsp3) is 1.00. The number of hydrogen-bond donors (Lipinski definition) is 1. The fourth-order valence-corrected chi connectivity index (χ4v) is 3.91. The number of nitrogens with zero attached hydrogens (tertiary/aromatic N) is 1. The predicted molar refractivity (Wildman–Crippen MR) is 74.3 cm³/mol. The van der Waals surface area contributed by atoms with Crippen LogP contribution in [0.2, 0.25) is 0 Å². The standard InChI is InChI=1S/C15H30N2/c1-3-17(14-9-5-6-10-14)12-13-8-4-7-11-15(13)16-2/h13-16H,3-12H2,1-2H3. The SMILES string of the molecule is CCN(CC1CCCCC1NC)C1CCCC1. The van der Waals surface area contributed by atoms with Crippen LogP contribution in [0.1, 0.15) is 58.3 Å². The monoisotopic (exact) mass is 238 g/mol. The lowest BCUT2D eigenvalue weighted by molar-refractivity contribution is 0.138. The summed E-state index contributed by atoms with van der Waals surface area (Å²) in [6, 6.07) is 1.68. The molecule has 0 bridgehead atoms. The Morgan fingerprint density at radius 3 is 2.29 bits per heavy atom. The number of nitrogens with one attached hydrogen (secondary N) is 1. The van der Waals surface area contributed by atoms with Crippen molar-refractivity contribution < 1.29 is 0 Å². The zero-order valence-electron chi connectivity index (χ0n) is 11.8. The van der Waals surface area contributed by atoms with Crippen molar-refractivity contribution in [2.24, 2.45) is 5.92 Å². The van der Waals surface area contributed by atoms with E-state index in [4.69, 9.17) is 0 Å². The molecule has 100 valence electrons. The number of hydrogen-bond acceptors (Lipinski definition) is 2. The molecule has 0 aromatic carbocycles. The van der Waals surface area contributed by atoms with Gasteiger partial charge in [-0.25, -0.2) is 0 Å². The molecule has 2 fully saturated rings. The van der Waals surface area contributed by atoms with Crippen molar-refractivity contribution in [2.45, 2.75) is 70.4 Å². The minimum Gasteiger partial charge on any atom is -0.317 e. The fourth-order valence-electron chi connectivity index (χ4n) is 3.91. The van der Waals surface area contributed by atoms with Crippen LogP contribution >= 0.6 is 0 Å². The van der Waals surface area contributed by atoms with E-state index in [0.29, 0.717) is 0 Å². The second-order valence-corrected chi connectivity index (χ2v) is 5.97. The minimum absolute atomic E-state index is 0.777. The molecule has 2 heteroatoms. The van der Waals surface area contributed by atoms with Gasteiger partial charge >= 0.3 is 0 Å². The summed E-state index contributed by atoms with van der Waals surface area (Å²) in [5.41, 5.74) is 0. The Morgan fingerprint density at radius 1 is 1.00 bits per heavy atom. The van der Waals surface area contributed by atoms with Gasteiger partial charge in [-0.1, -0.05) is 32.6 Å². The van der Waals surface area contributed by atoms with Gasteiger partial charge in [0.1, 0.15) is 0 Å². The van der Waals surface area contributed by atoms with Gasteiger partial charge in [-0.15, -0.1) is 0 Å². The zero-order valence-corrected chi connectivity index (χ0v) is 11.8. The van der Waals surface area contributed by atoms with Crippen molar-refractivity contribution in [2.75, 3.05) is 20.1 Å². The Bertz CT molecular complexity index is 209. The van der Waals surface area contributed by atoms with Crippen molar-refractivity contribution in [1.82, 2.24) is 10.2 Å². The van der Waals surface area contributed by atoms with Gasteiger partial charge in [0.2, 0.25) is 0 Å². The van der Waals surface area contributed by atoms with Gasteiger partial charge in [-0.05, 0) is 45.2 Å². The highest BCUT2D eigenvalue weighted by Crippen LogP contribution is 2.29. The van der Waals surface area contributed by atoms with Crippen molar-refractivity contribution in [3.63, 3.8) is 0 Å². The van der Waals surface area contributed by atoms with Crippen LogP contribution in [0.5, 0.6) is 0 Å². The van der Waals surface area contributed by atoms with E-state index in [1.165, 1.54) is 64.5 Å². The van der Waals surface area contributed by atoms with Crippen LogP contribution in [0.4, 0.5) is 0 Å². The molecule has 0 spiro atoms. The first-order valence-electron chi connectivity index (χ1n) is 7.76. The molecule has 0 aliphatic heterocycles. The van der Waals surface area contributed by atoms with E-state index >= 15 is 0 Å². The van der Waals surface area contributed by atoms with Crippen LogP contribution in [0.25, 0.3) is 0 Å². The maximum absolute atomic E-state index is 3.55. The van der Waals surface area contributed by atoms with Crippen LogP contribution in [0.15, 0.2) is 0 Å². The summed E-state index contributed by atoms with van der Waals surface area (Å²) in [5, 5.41) is 3.55. The first kappa shape index (κ1) is 13.4. The van der Waals surface area contributed by atoms with Gasteiger partial charge in [0.05, 0.1) is 0 Å². The Morgan fingerprint density at radius 2 is 1.65 bits per heavy atom. The Balaban J connectivity index is 1.87. The summed E-state index contributed by atoms with van der Waals surface area (Å²) < 4.78 is 0. The molecular weight excluding hydrogens is 208 g/mol. The molecule has 0 radical (unpaired) electrons. The van der Waals surface area contributed by atoms with Gasteiger partial charge in [0.25, 0.3) is 0 Å². The summed E-state index contributed by atoms with van der Waals surface area (Å²) in [4.78, 5) is 2.77. The molecule has 0 aromatic rings. The summed E-state index contributed by atoms with van der Waals surface area (Å²) in [5.74, 6) is 0.897. The molecule has 2 aliphatic rings. The van der Waals surface area contributed by atoms with Crippen molar-refractivity contribution in [1.29, 1.82) is 0 Å². The molecule has 17 heavy (non-hydrogen) atoms. The summed E-state index contributed by atoms with van der Waals surface area (Å²) in [6.07, 6.45) is 11.5. The van der Waals surface area contributed by atoms with E-state index in [0.717, 1.165) is 18.0 Å². The highest BCUT2D eigenvalue weighted by atomic mass is 15.2. The van der Waals surface area contributed by atoms with Crippen molar-refractivity contribution in [3.05, 3.63) is 0 Å². The molecule has 1 N–H and O–H groups in total. The molecule has 0 heterocycles. The summed E-state index contributed by atoms with van der Waals surface area (Å²) >= 11 is 0. The van der Waals surface area contributed by atoms with Crippen LogP contribution < -0.4 is 5.32 Å². The third kappa shape index (κ3) is 3.45. The van der Waals surface area contributed by atoms with E-state index in [1.54, 1.807) is 0 Å². The van der Waals surface area contributed by atoms with E-state index in [9.17, 15) is 0 Å². The molecule has 2 atom stereocenters. The lowest BCUT2D eigenvalue weighted by Crippen LogP contribution is -2.45. The summed E-state index contributed by atoms with van der Waals surface area (Å²) in [6.45, 7) is 4.93. The Hall–Kier alpha value is -0.0800. The van der Waals surface area contributed by atoms with Gasteiger partial charge in [-0.3, -0.25) is 0 Å². The second-order valence-electron chi connectivity index (χ2n) is 5.97. The third-order valence-corrected chi connectivity index (χ3v) is 5.00. The highest BCUT2D eigenvalue weighted by molar-refractivity contribution is 4.85. The van der Waals surface area contributed by atoms with E-state index in [2.05, 4.69) is 24.2 Å². The Kier molecular flexibility index (Phi) is 5.30. The van der Waals surface area contributed by atoms with Crippen molar-refractivity contribution >= 4 is 0 Å². The van der Waals surface area contributed by atoms with Gasteiger partial charge < -0.3 is 10.2 Å². The van der Waals surface area contributed by atoms with Crippen LogP contribution in [-0.2, 0) is 0 Å². The van der Waals surface area contributed by atoms with Crippen LogP contribution in [0, 0.1) is 5.92 Å². The largest absolute Gasteiger partial charge is 0.317 e. The normalized spacial score (nSPS) is 31.2. The third-order valence-electron chi connectivity index (χ3n) is 5.00. The first-order valence-corrected chi connectivity index (χ1v) is 7.76. The first-order chi connectivity index (χ1) is 8.35. The lowest BCUT2D eigenvalue weighted by Gasteiger charge is -2.37. The Labute approximate surface area is 107 Å². The van der Waals surface area contributed by atoms with E-state index in [1.807, 2.05) is 0 Å². The lowest BCUT2D eigenvalue weighted by atomic mass is 9.84. The second kappa shape index (κ2) is 6.75. The van der Waals surface area contributed by atoms with Gasteiger partial charge in [-0.2, -0.15) is 0 Å². The maximum Gasteiger partial charge on any atom is 0.0104 e. The van der Waals surface area contributed by atoms with Gasteiger partial charge in [0.15, 0.2) is 0 Å². The topological polar surface area (TPSA) is 15.3 Å². The minimum atomic E-state index is 0.777. The van der Waals surface area contributed by atoms with E-state index < -0.39 is 0 Å². The van der Waals surface area contributed by atoms with Gasteiger partial charge in [0, 0.05) is 18.6 Å². The number of rotatable bonds is 5. The summed E-state index contributed by atoms with van der Waals surface area (Å²) in [7, 11) is 2.15. The van der Waals surface area contributed by atoms with Crippen molar-refractivity contribution in [3.8, 4) is 0 Å². The molecule has 2 rings (SSSR count). The average Bonchev–Trinajstić information content (AvgIpc) is 2.90. The van der Waals surface area contributed by atoms with Crippen LogP contribution in [0.3, 0.4) is 0 Å².